The molecule has 0 aliphatic rings. The van der Waals surface area contributed by atoms with E-state index in [0.717, 1.165) is 12.8 Å². The van der Waals surface area contributed by atoms with Crippen molar-refractivity contribution in [1.82, 2.24) is 15.1 Å². The van der Waals surface area contributed by atoms with E-state index in [1.807, 2.05) is 17.9 Å². The Labute approximate surface area is 128 Å². The molecule has 2 aromatic rings. The van der Waals surface area contributed by atoms with Crippen LogP contribution in [0.1, 0.15) is 61.7 Å². The molecule has 3 nitrogen and oxygen atoms in total. The molecular weight excluding hydrogens is 258 g/mol. The van der Waals surface area contributed by atoms with E-state index in [9.17, 15) is 0 Å². The van der Waals surface area contributed by atoms with Crippen LogP contribution in [0.2, 0.25) is 0 Å². The lowest BCUT2D eigenvalue weighted by atomic mass is 10.00. The molecule has 3 heteroatoms. The summed E-state index contributed by atoms with van der Waals surface area (Å²) in [5.41, 5.74) is 5.26. The van der Waals surface area contributed by atoms with Crippen molar-refractivity contribution in [3.05, 3.63) is 52.8 Å². The average molecular weight is 285 g/mol. The fourth-order valence-electron chi connectivity index (χ4n) is 2.77. The number of nitrogens with zero attached hydrogens (tertiary/aromatic N) is 2. The van der Waals surface area contributed by atoms with Crippen LogP contribution in [-0.2, 0) is 13.5 Å². The predicted molar refractivity (Wildman–Crippen MR) is 88.3 cm³/mol. The maximum absolute atomic E-state index is 4.34. The van der Waals surface area contributed by atoms with Crippen molar-refractivity contribution < 1.29 is 0 Å². The fraction of sp³-hybridized carbons (Fsp3) is 0.500. The van der Waals surface area contributed by atoms with Crippen molar-refractivity contribution in [1.29, 1.82) is 0 Å². The van der Waals surface area contributed by atoms with Crippen LogP contribution in [0.15, 0.2) is 30.5 Å². The first-order valence-electron chi connectivity index (χ1n) is 7.90. The van der Waals surface area contributed by atoms with E-state index in [1.165, 1.54) is 22.4 Å². The summed E-state index contributed by atoms with van der Waals surface area (Å²) >= 11 is 0. The lowest BCUT2D eigenvalue weighted by Crippen LogP contribution is -2.24. The molecule has 0 radical (unpaired) electrons. The Morgan fingerprint density at radius 2 is 1.86 bits per heavy atom. The van der Waals surface area contributed by atoms with Gasteiger partial charge in [-0.05, 0) is 37.8 Å². The Kier molecular flexibility index (Phi) is 5.18. The van der Waals surface area contributed by atoms with Crippen molar-refractivity contribution >= 4 is 0 Å². The average Bonchev–Trinajstić information content (AvgIpc) is 2.84. The first kappa shape index (κ1) is 15.8. The van der Waals surface area contributed by atoms with Crippen molar-refractivity contribution in [3.63, 3.8) is 0 Å². The minimum absolute atomic E-state index is 0.300. The van der Waals surface area contributed by atoms with Gasteiger partial charge >= 0.3 is 0 Å². The number of benzene rings is 1. The van der Waals surface area contributed by atoms with E-state index in [4.69, 9.17) is 0 Å². The molecule has 1 N–H and O–H groups in total. The van der Waals surface area contributed by atoms with E-state index in [1.54, 1.807) is 0 Å². The van der Waals surface area contributed by atoms with Crippen molar-refractivity contribution in [3.8, 4) is 0 Å². The topological polar surface area (TPSA) is 29.9 Å². The summed E-state index contributed by atoms with van der Waals surface area (Å²) in [6, 6.07) is 9.66. The lowest BCUT2D eigenvalue weighted by molar-refractivity contribution is 0.455. The van der Waals surface area contributed by atoms with Crippen LogP contribution in [0.4, 0.5) is 0 Å². The van der Waals surface area contributed by atoms with Gasteiger partial charge in [-0.15, -0.1) is 0 Å². The maximum Gasteiger partial charge on any atom is 0.0540 e. The van der Waals surface area contributed by atoms with Crippen LogP contribution in [-0.4, -0.2) is 9.78 Å². The monoisotopic (exact) mass is 285 g/mol. The third-order valence-corrected chi connectivity index (χ3v) is 4.39. The normalized spacial score (nSPS) is 14.1. The van der Waals surface area contributed by atoms with E-state index < -0.39 is 0 Å². The molecule has 0 bridgehead atoms. The second kappa shape index (κ2) is 6.90. The molecule has 1 aromatic heterocycles. The molecule has 0 saturated carbocycles. The zero-order valence-electron chi connectivity index (χ0n) is 13.9. The number of hydrogen-bond donors (Lipinski definition) is 1. The van der Waals surface area contributed by atoms with Gasteiger partial charge in [-0.1, -0.05) is 38.1 Å². The predicted octanol–water partition coefficient (Wildman–Crippen LogP) is 4.09. The first-order chi connectivity index (χ1) is 10.1. The summed E-state index contributed by atoms with van der Waals surface area (Å²) in [5.74, 6) is 0. The van der Waals surface area contributed by atoms with Gasteiger partial charge in [0.2, 0.25) is 0 Å². The van der Waals surface area contributed by atoms with Gasteiger partial charge in [0.15, 0.2) is 0 Å². The highest BCUT2D eigenvalue weighted by molar-refractivity contribution is 5.26. The van der Waals surface area contributed by atoms with Crippen LogP contribution in [0.25, 0.3) is 0 Å². The Balaban J connectivity index is 2.12. The second-order valence-corrected chi connectivity index (χ2v) is 5.75. The summed E-state index contributed by atoms with van der Waals surface area (Å²) in [6.45, 7) is 8.76. The van der Waals surface area contributed by atoms with Gasteiger partial charge in [-0.3, -0.25) is 4.68 Å². The molecule has 2 rings (SSSR count). The molecule has 1 heterocycles. The minimum atomic E-state index is 0.300. The minimum Gasteiger partial charge on any atom is -0.303 e. The summed E-state index contributed by atoms with van der Waals surface area (Å²) in [5, 5.41) is 8.08. The van der Waals surface area contributed by atoms with Gasteiger partial charge in [0, 0.05) is 30.4 Å². The summed E-state index contributed by atoms with van der Waals surface area (Å²) in [6.07, 6.45) is 4.14. The van der Waals surface area contributed by atoms with Crippen molar-refractivity contribution in [2.24, 2.45) is 7.05 Å². The zero-order valence-corrected chi connectivity index (χ0v) is 13.9. The number of aryl methyl sites for hydroxylation is 2. The second-order valence-electron chi connectivity index (χ2n) is 5.75. The largest absolute Gasteiger partial charge is 0.303 e. The van der Waals surface area contributed by atoms with Crippen LogP contribution in [0, 0.1) is 6.92 Å². The lowest BCUT2D eigenvalue weighted by Gasteiger charge is -2.23. The molecule has 0 saturated heterocycles. The van der Waals surface area contributed by atoms with Gasteiger partial charge in [0.05, 0.1) is 6.20 Å². The molecular formula is C18H27N3. The van der Waals surface area contributed by atoms with E-state index in [2.05, 4.69) is 62.4 Å². The maximum atomic E-state index is 4.34. The molecule has 0 spiro atoms. The summed E-state index contributed by atoms with van der Waals surface area (Å²) in [7, 11) is 1.99. The Morgan fingerprint density at radius 1 is 1.19 bits per heavy atom. The highest BCUT2D eigenvalue weighted by atomic mass is 15.3. The molecule has 114 valence electrons. The molecule has 0 aliphatic carbocycles. The van der Waals surface area contributed by atoms with Crippen LogP contribution in [0.3, 0.4) is 0 Å². The first-order valence-corrected chi connectivity index (χ1v) is 7.90. The van der Waals surface area contributed by atoms with Crippen molar-refractivity contribution in [2.75, 3.05) is 0 Å². The Hall–Kier alpha value is -1.61. The van der Waals surface area contributed by atoms with Gasteiger partial charge in [-0.25, -0.2) is 0 Å². The standard InChI is InChI=1S/C18H27N3/c1-6-15-8-10-16(11-9-15)18(7-2)20-13(3)17-12-19-21(5)14(17)4/h8-13,18,20H,6-7H2,1-5H3. The molecule has 1 aromatic carbocycles. The van der Waals surface area contributed by atoms with Crippen molar-refractivity contribution in [2.45, 2.75) is 52.6 Å². The molecule has 0 aliphatic heterocycles. The SMILES string of the molecule is CCc1ccc(C(CC)NC(C)c2cnn(C)c2C)cc1. The van der Waals surface area contributed by atoms with E-state index in [-0.39, 0.29) is 0 Å². The summed E-state index contributed by atoms with van der Waals surface area (Å²) < 4.78 is 1.94. The smallest absolute Gasteiger partial charge is 0.0540 e. The highest BCUT2D eigenvalue weighted by Crippen LogP contribution is 2.24. The Morgan fingerprint density at radius 3 is 2.33 bits per heavy atom. The molecule has 21 heavy (non-hydrogen) atoms. The number of rotatable bonds is 6. The van der Waals surface area contributed by atoms with E-state index in [0.29, 0.717) is 12.1 Å². The summed E-state index contributed by atoms with van der Waals surface area (Å²) in [4.78, 5) is 0. The quantitative estimate of drug-likeness (QED) is 0.866. The van der Waals surface area contributed by atoms with E-state index >= 15 is 0 Å². The molecule has 2 unspecified atom stereocenters. The van der Waals surface area contributed by atoms with Crippen LogP contribution >= 0.6 is 0 Å². The molecule has 2 atom stereocenters. The molecule has 0 amide bonds. The van der Waals surface area contributed by atoms with Gasteiger partial charge < -0.3 is 5.32 Å². The Bertz CT molecular complexity index is 569. The van der Waals surface area contributed by atoms with Crippen LogP contribution < -0.4 is 5.32 Å². The highest BCUT2D eigenvalue weighted by Gasteiger charge is 2.17. The fourth-order valence-corrected chi connectivity index (χ4v) is 2.77. The number of hydrogen-bond acceptors (Lipinski definition) is 2. The van der Waals surface area contributed by atoms with Gasteiger partial charge in [-0.2, -0.15) is 5.10 Å². The van der Waals surface area contributed by atoms with Gasteiger partial charge in [0.25, 0.3) is 0 Å². The number of nitrogens with one attached hydrogen (secondary N) is 1. The number of aromatic nitrogens is 2. The van der Waals surface area contributed by atoms with Crippen LogP contribution in [0.5, 0.6) is 0 Å². The molecule has 0 fully saturated rings. The zero-order chi connectivity index (χ0) is 15.4. The third kappa shape index (κ3) is 3.53. The van der Waals surface area contributed by atoms with Gasteiger partial charge in [0.1, 0.15) is 0 Å². The third-order valence-electron chi connectivity index (χ3n) is 4.39.